The number of ether oxygens (including phenoxy) is 4. The average molecular weight is 366 g/mol. The molecule has 0 radical (unpaired) electrons. The number of amides is 2. The van der Waals surface area contributed by atoms with Gasteiger partial charge in [-0.1, -0.05) is 0 Å². The van der Waals surface area contributed by atoms with Gasteiger partial charge in [0.1, 0.15) is 0 Å². The molecule has 8 nitrogen and oxygen atoms in total. The van der Waals surface area contributed by atoms with Crippen molar-refractivity contribution in [1.82, 2.24) is 4.90 Å². The lowest BCUT2D eigenvalue weighted by Crippen LogP contribution is -2.41. The second-order valence-electron chi connectivity index (χ2n) is 6.00. The number of hydrogen-bond acceptors (Lipinski definition) is 6. The van der Waals surface area contributed by atoms with E-state index in [1.165, 1.54) is 33.2 Å². The van der Waals surface area contributed by atoms with E-state index in [0.717, 1.165) is 12.8 Å². The quantitative estimate of drug-likeness (QED) is 0.753. The van der Waals surface area contributed by atoms with Crippen molar-refractivity contribution in [3.63, 3.8) is 0 Å². The van der Waals surface area contributed by atoms with E-state index in [9.17, 15) is 9.59 Å². The van der Waals surface area contributed by atoms with E-state index < -0.39 is 0 Å². The second-order valence-corrected chi connectivity index (χ2v) is 6.00. The van der Waals surface area contributed by atoms with E-state index in [1.807, 2.05) is 0 Å². The van der Waals surface area contributed by atoms with Gasteiger partial charge < -0.3 is 29.2 Å². The largest absolute Gasteiger partial charge is 0.493 e. The third-order valence-electron chi connectivity index (χ3n) is 4.18. The number of benzene rings is 1. The summed E-state index contributed by atoms with van der Waals surface area (Å²) >= 11 is 0. The van der Waals surface area contributed by atoms with Crippen LogP contribution in [0.1, 0.15) is 19.8 Å². The summed E-state index contributed by atoms with van der Waals surface area (Å²) < 4.78 is 21.3. The first-order valence-corrected chi connectivity index (χ1v) is 8.45. The molecule has 1 N–H and O–H groups in total. The van der Waals surface area contributed by atoms with Gasteiger partial charge in [-0.15, -0.1) is 0 Å². The Morgan fingerprint density at radius 2 is 1.85 bits per heavy atom. The van der Waals surface area contributed by atoms with Crippen LogP contribution in [0.4, 0.5) is 5.69 Å². The van der Waals surface area contributed by atoms with Crippen molar-refractivity contribution in [2.75, 3.05) is 46.3 Å². The van der Waals surface area contributed by atoms with E-state index in [-0.39, 0.29) is 24.5 Å². The topological polar surface area (TPSA) is 86.3 Å². The van der Waals surface area contributed by atoms with Gasteiger partial charge in [-0.2, -0.15) is 0 Å². The zero-order valence-corrected chi connectivity index (χ0v) is 15.7. The highest BCUT2D eigenvalue weighted by Crippen LogP contribution is 2.39. The highest BCUT2D eigenvalue weighted by Gasteiger charge is 2.23. The molecule has 0 spiro atoms. The van der Waals surface area contributed by atoms with E-state index in [0.29, 0.717) is 36.1 Å². The van der Waals surface area contributed by atoms with Crippen molar-refractivity contribution < 1.29 is 28.5 Å². The van der Waals surface area contributed by atoms with Crippen LogP contribution < -0.4 is 19.5 Å². The normalized spacial score (nSPS) is 16.1. The molecular weight excluding hydrogens is 340 g/mol. The van der Waals surface area contributed by atoms with Gasteiger partial charge in [0, 0.05) is 37.9 Å². The molecule has 1 saturated heterocycles. The van der Waals surface area contributed by atoms with Crippen molar-refractivity contribution in [2.24, 2.45) is 0 Å². The molecule has 0 bridgehead atoms. The summed E-state index contributed by atoms with van der Waals surface area (Å²) in [5.41, 5.74) is 0.491. The Bertz CT molecular complexity index is 618. The molecule has 1 heterocycles. The van der Waals surface area contributed by atoms with Crippen LogP contribution in [0.2, 0.25) is 0 Å². The number of anilines is 1. The minimum absolute atomic E-state index is 0.00660. The monoisotopic (exact) mass is 366 g/mol. The van der Waals surface area contributed by atoms with Crippen molar-refractivity contribution >= 4 is 17.5 Å². The van der Waals surface area contributed by atoms with Crippen molar-refractivity contribution in [2.45, 2.75) is 25.9 Å². The zero-order valence-electron chi connectivity index (χ0n) is 15.7. The van der Waals surface area contributed by atoms with Crippen molar-refractivity contribution in [3.05, 3.63) is 12.1 Å². The number of carbonyl (C=O) groups excluding carboxylic acids is 2. The molecular formula is C18H26N2O6. The number of nitrogens with zero attached hydrogens (tertiary/aromatic N) is 1. The lowest BCUT2D eigenvalue weighted by atomic mass is 10.2. The molecule has 2 amide bonds. The molecule has 144 valence electrons. The predicted molar refractivity (Wildman–Crippen MR) is 96.0 cm³/mol. The maximum atomic E-state index is 12.4. The van der Waals surface area contributed by atoms with Crippen LogP contribution in [-0.4, -0.2) is 63.8 Å². The summed E-state index contributed by atoms with van der Waals surface area (Å²) in [6, 6.07) is 3.27. The number of hydrogen-bond donors (Lipinski definition) is 1. The Balaban J connectivity index is 2.06. The molecule has 0 saturated carbocycles. The van der Waals surface area contributed by atoms with Gasteiger partial charge in [-0.25, -0.2) is 0 Å². The Labute approximate surface area is 153 Å². The molecule has 1 atom stereocenters. The van der Waals surface area contributed by atoms with Crippen LogP contribution in [-0.2, 0) is 14.3 Å². The number of methoxy groups -OCH3 is 3. The molecule has 1 aromatic carbocycles. The lowest BCUT2D eigenvalue weighted by Gasteiger charge is -2.23. The molecule has 8 heteroatoms. The molecule has 1 aliphatic rings. The predicted octanol–water partition coefficient (Wildman–Crippen LogP) is 1.68. The van der Waals surface area contributed by atoms with E-state index >= 15 is 0 Å². The van der Waals surface area contributed by atoms with E-state index in [1.54, 1.807) is 12.1 Å². The zero-order chi connectivity index (χ0) is 19.1. The fourth-order valence-corrected chi connectivity index (χ4v) is 2.87. The summed E-state index contributed by atoms with van der Waals surface area (Å²) in [4.78, 5) is 25.7. The fourth-order valence-electron chi connectivity index (χ4n) is 2.87. The third-order valence-corrected chi connectivity index (χ3v) is 4.18. The van der Waals surface area contributed by atoms with Gasteiger partial charge in [0.25, 0.3) is 0 Å². The van der Waals surface area contributed by atoms with Crippen LogP contribution in [0, 0.1) is 0 Å². The molecule has 1 aliphatic heterocycles. The molecule has 0 aliphatic carbocycles. The van der Waals surface area contributed by atoms with Gasteiger partial charge in [-0.3, -0.25) is 9.59 Å². The molecule has 26 heavy (non-hydrogen) atoms. The first-order valence-electron chi connectivity index (χ1n) is 8.45. The number of nitrogens with one attached hydrogen (secondary N) is 1. The van der Waals surface area contributed by atoms with Gasteiger partial charge in [0.15, 0.2) is 11.5 Å². The summed E-state index contributed by atoms with van der Waals surface area (Å²) in [7, 11) is 4.51. The van der Waals surface area contributed by atoms with Crippen LogP contribution in [0.5, 0.6) is 17.2 Å². The highest BCUT2D eigenvalue weighted by molar-refractivity contribution is 5.94. The molecule has 0 aromatic heterocycles. The Hall–Kier alpha value is -2.48. The Morgan fingerprint density at radius 3 is 2.31 bits per heavy atom. The van der Waals surface area contributed by atoms with Crippen LogP contribution in [0.25, 0.3) is 0 Å². The fraction of sp³-hybridized carbons (Fsp3) is 0.556. The first-order chi connectivity index (χ1) is 12.5. The smallest absolute Gasteiger partial charge is 0.244 e. The van der Waals surface area contributed by atoms with Crippen molar-refractivity contribution in [3.8, 4) is 17.2 Å². The highest BCUT2D eigenvalue weighted by atomic mass is 16.5. The van der Waals surface area contributed by atoms with E-state index in [4.69, 9.17) is 18.9 Å². The summed E-state index contributed by atoms with van der Waals surface area (Å²) in [6.45, 7) is 2.51. The van der Waals surface area contributed by atoms with Crippen LogP contribution in [0.3, 0.4) is 0 Å². The van der Waals surface area contributed by atoms with Crippen molar-refractivity contribution in [1.29, 1.82) is 0 Å². The van der Waals surface area contributed by atoms with Gasteiger partial charge in [-0.05, 0) is 12.8 Å². The van der Waals surface area contributed by atoms with Gasteiger partial charge in [0.05, 0.1) is 34.0 Å². The minimum atomic E-state index is -0.313. The molecule has 1 aromatic rings. The maximum Gasteiger partial charge on any atom is 0.244 e. The minimum Gasteiger partial charge on any atom is -0.493 e. The second kappa shape index (κ2) is 9.28. The number of rotatable bonds is 8. The standard InChI is InChI=1S/C18H26N2O6/c1-12(21)20(10-14-6-5-7-26-14)11-17(22)19-13-8-15(23-2)18(25-4)16(9-13)24-3/h8-9,14H,5-7,10-11H2,1-4H3,(H,19,22). The summed E-state index contributed by atoms with van der Waals surface area (Å²) in [5, 5.41) is 2.76. The first kappa shape index (κ1) is 19.8. The lowest BCUT2D eigenvalue weighted by molar-refractivity contribution is -0.134. The summed E-state index contributed by atoms with van der Waals surface area (Å²) in [6.07, 6.45) is 1.87. The third kappa shape index (κ3) is 5.01. The Kier molecular flexibility index (Phi) is 7.08. The average Bonchev–Trinajstić information content (AvgIpc) is 3.13. The molecule has 1 unspecified atom stereocenters. The van der Waals surface area contributed by atoms with E-state index in [2.05, 4.69) is 5.32 Å². The van der Waals surface area contributed by atoms with Gasteiger partial charge >= 0.3 is 0 Å². The molecule has 1 fully saturated rings. The Morgan fingerprint density at radius 1 is 1.19 bits per heavy atom. The van der Waals surface area contributed by atoms with Gasteiger partial charge in [0.2, 0.25) is 17.6 Å². The SMILES string of the molecule is COc1cc(NC(=O)CN(CC2CCCO2)C(C)=O)cc(OC)c1OC. The maximum absolute atomic E-state index is 12.4. The summed E-state index contributed by atoms with van der Waals surface area (Å²) in [5.74, 6) is 0.833. The van der Waals surface area contributed by atoms with Crippen LogP contribution >= 0.6 is 0 Å². The molecule has 2 rings (SSSR count). The number of carbonyl (C=O) groups is 2. The van der Waals surface area contributed by atoms with Crippen LogP contribution in [0.15, 0.2) is 12.1 Å².